The summed E-state index contributed by atoms with van der Waals surface area (Å²) in [4.78, 5) is 8.19. The van der Waals surface area contributed by atoms with E-state index < -0.39 is 0 Å². The Morgan fingerprint density at radius 1 is 1.35 bits per heavy atom. The number of nitrogens with zero attached hydrogens (tertiary/aromatic N) is 4. The zero-order valence-electron chi connectivity index (χ0n) is 13.3. The molecule has 1 atom stereocenters. The Labute approximate surface area is 135 Å². The van der Waals surface area contributed by atoms with Gasteiger partial charge in [0.15, 0.2) is 5.96 Å². The van der Waals surface area contributed by atoms with Gasteiger partial charge in [0.1, 0.15) is 12.7 Å². The number of rotatable bonds is 5. The van der Waals surface area contributed by atoms with Crippen LogP contribution in [-0.2, 0) is 11.3 Å². The molecule has 23 heavy (non-hydrogen) atoms. The first-order chi connectivity index (χ1) is 11.3. The van der Waals surface area contributed by atoms with E-state index in [1.807, 2.05) is 12.1 Å². The predicted octanol–water partition coefficient (Wildman–Crippen LogP) is 1.11. The molecule has 0 saturated carbocycles. The zero-order chi connectivity index (χ0) is 15.9. The fraction of sp³-hybridized carbons (Fsp3) is 0.438. The molecule has 7 heteroatoms. The SMILES string of the molecule is CN=C(NCc1ccc(-n2cncn2)cc1)NCC1CCCO1. The predicted molar refractivity (Wildman–Crippen MR) is 88.5 cm³/mol. The molecule has 1 fully saturated rings. The maximum Gasteiger partial charge on any atom is 0.191 e. The minimum Gasteiger partial charge on any atom is -0.376 e. The maximum atomic E-state index is 5.60. The number of aliphatic imine (C=N–C) groups is 1. The van der Waals surface area contributed by atoms with Crippen LogP contribution in [0.4, 0.5) is 0 Å². The van der Waals surface area contributed by atoms with Crippen LogP contribution in [0.3, 0.4) is 0 Å². The topological polar surface area (TPSA) is 76.4 Å². The summed E-state index contributed by atoms with van der Waals surface area (Å²) in [6.45, 7) is 2.38. The first-order valence-electron chi connectivity index (χ1n) is 7.85. The monoisotopic (exact) mass is 314 g/mol. The summed E-state index contributed by atoms with van der Waals surface area (Å²) in [7, 11) is 1.78. The van der Waals surface area contributed by atoms with Crippen LogP contribution in [0.25, 0.3) is 5.69 Å². The van der Waals surface area contributed by atoms with Gasteiger partial charge in [0.25, 0.3) is 0 Å². The molecular formula is C16H22N6O. The van der Waals surface area contributed by atoms with Gasteiger partial charge in [-0.3, -0.25) is 4.99 Å². The first kappa shape index (κ1) is 15.5. The Balaban J connectivity index is 1.48. The van der Waals surface area contributed by atoms with Crippen LogP contribution < -0.4 is 10.6 Å². The minimum absolute atomic E-state index is 0.301. The second-order valence-corrected chi connectivity index (χ2v) is 5.45. The molecule has 0 spiro atoms. The van der Waals surface area contributed by atoms with Crippen molar-refractivity contribution in [1.29, 1.82) is 0 Å². The van der Waals surface area contributed by atoms with Crippen molar-refractivity contribution in [1.82, 2.24) is 25.4 Å². The van der Waals surface area contributed by atoms with Crippen LogP contribution in [0.2, 0.25) is 0 Å². The summed E-state index contributed by atoms with van der Waals surface area (Å²) in [5.41, 5.74) is 2.17. The average Bonchev–Trinajstić information content (AvgIpc) is 3.29. The smallest absolute Gasteiger partial charge is 0.191 e. The highest BCUT2D eigenvalue weighted by Crippen LogP contribution is 2.10. The van der Waals surface area contributed by atoms with Crippen molar-refractivity contribution >= 4 is 5.96 Å². The summed E-state index contributed by atoms with van der Waals surface area (Å²) in [5.74, 6) is 0.792. The molecule has 3 rings (SSSR count). The van der Waals surface area contributed by atoms with Gasteiger partial charge in [0.2, 0.25) is 0 Å². The summed E-state index contributed by atoms with van der Waals surface area (Å²) < 4.78 is 7.34. The normalized spacial score (nSPS) is 18.1. The van der Waals surface area contributed by atoms with Crippen LogP contribution in [0.1, 0.15) is 18.4 Å². The van der Waals surface area contributed by atoms with Gasteiger partial charge < -0.3 is 15.4 Å². The van der Waals surface area contributed by atoms with Crippen LogP contribution in [0.15, 0.2) is 41.9 Å². The number of aromatic nitrogens is 3. The van der Waals surface area contributed by atoms with E-state index in [0.717, 1.165) is 37.6 Å². The Morgan fingerprint density at radius 3 is 2.87 bits per heavy atom. The van der Waals surface area contributed by atoms with Gasteiger partial charge in [-0.05, 0) is 30.5 Å². The number of hydrogen-bond donors (Lipinski definition) is 2. The molecular weight excluding hydrogens is 292 g/mol. The van der Waals surface area contributed by atoms with Crippen molar-refractivity contribution in [3.8, 4) is 5.69 Å². The van der Waals surface area contributed by atoms with Crippen molar-refractivity contribution in [3.05, 3.63) is 42.5 Å². The number of hydrogen-bond acceptors (Lipinski definition) is 4. The summed E-state index contributed by atoms with van der Waals surface area (Å²) in [5, 5.41) is 10.7. The molecule has 2 heterocycles. The van der Waals surface area contributed by atoms with E-state index in [4.69, 9.17) is 4.74 Å². The summed E-state index contributed by atoms with van der Waals surface area (Å²) in [6.07, 6.45) is 5.78. The Hall–Kier alpha value is -2.41. The van der Waals surface area contributed by atoms with Crippen molar-refractivity contribution in [2.75, 3.05) is 20.2 Å². The van der Waals surface area contributed by atoms with Crippen molar-refractivity contribution in [2.24, 2.45) is 4.99 Å². The fourth-order valence-corrected chi connectivity index (χ4v) is 2.53. The van der Waals surface area contributed by atoms with Crippen molar-refractivity contribution in [3.63, 3.8) is 0 Å². The van der Waals surface area contributed by atoms with Gasteiger partial charge in [-0.15, -0.1) is 0 Å². The van der Waals surface area contributed by atoms with E-state index in [1.54, 1.807) is 18.1 Å². The van der Waals surface area contributed by atoms with Gasteiger partial charge in [0.05, 0.1) is 11.8 Å². The standard InChI is InChI=1S/C16H22N6O/c1-17-16(20-10-15-3-2-8-23-15)19-9-13-4-6-14(7-5-13)22-12-18-11-21-22/h4-7,11-12,15H,2-3,8-10H2,1H3,(H2,17,19,20). The van der Waals surface area contributed by atoms with E-state index in [1.165, 1.54) is 11.9 Å². The lowest BCUT2D eigenvalue weighted by Gasteiger charge is -2.15. The minimum atomic E-state index is 0.301. The molecule has 1 aromatic carbocycles. The number of guanidine groups is 1. The lowest BCUT2D eigenvalue weighted by Crippen LogP contribution is -2.40. The molecule has 1 saturated heterocycles. The lowest BCUT2D eigenvalue weighted by molar-refractivity contribution is 0.114. The van der Waals surface area contributed by atoms with E-state index in [-0.39, 0.29) is 0 Å². The van der Waals surface area contributed by atoms with Gasteiger partial charge in [-0.1, -0.05) is 12.1 Å². The zero-order valence-corrected chi connectivity index (χ0v) is 13.3. The van der Waals surface area contributed by atoms with E-state index >= 15 is 0 Å². The third-order valence-corrected chi connectivity index (χ3v) is 3.82. The second-order valence-electron chi connectivity index (χ2n) is 5.45. The van der Waals surface area contributed by atoms with Gasteiger partial charge in [0, 0.05) is 26.7 Å². The highest BCUT2D eigenvalue weighted by Gasteiger charge is 2.15. The highest BCUT2D eigenvalue weighted by atomic mass is 16.5. The molecule has 2 N–H and O–H groups in total. The molecule has 7 nitrogen and oxygen atoms in total. The fourth-order valence-electron chi connectivity index (χ4n) is 2.53. The average molecular weight is 314 g/mol. The molecule has 0 radical (unpaired) electrons. The molecule has 122 valence electrons. The lowest BCUT2D eigenvalue weighted by atomic mass is 10.2. The third kappa shape index (κ3) is 4.29. The molecule has 1 aliphatic rings. The molecule has 2 aromatic rings. The van der Waals surface area contributed by atoms with Crippen LogP contribution in [-0.4, -0.2) is 47.0 Å². The van der Waals surface area contributed by atoms with E-state index in [9.17, 15) is 0 Å². The second kappa shape index (κ2) is 7.73. The number of ether oxygens (including phenoxy) is 1. The molecule has 1 unspecified atom stereocenters. The number of nitrogens with one attached hydrogen (secondary N) is 2. The molecule has 1 aromatic heterocycles. The van der Waals surface area contributed by atoms with E-state index in [0.29, 0.717) is 12.6 Å². The molecule has 1 aliphatic heterocycles. The quantitative estimate of drug-likeness (QED) is 0.639. The van der Waals surface area contributed by atoms with Crippen LogP contribution in [0.5, 0.6) is 0 Å². The molecule has 0 amide bonds. The Kier molecular flexibility index (Phi) is 5.21. The van der Waals surface area contributed by atoms with Crippen molar-refractivity contribution < 1.29 is 4.74 Å². The van der Waals surface area contributed by atoms with Gasteiger partial charge in [-0.25, -0.2) is 9.67 Å². The van der Waals surface area contributed by atoms with E-state index in [2.05, 4.69) is 37.8 Å². The first-order valence-corrected chi connectivity index (χ1v) is 7.85. The van der Waals surface area contributed by atoms with Gasteiger partial charge in [-0.2, -0.15) is 5.10 Å². The highest BCUT2D eigenvalue weighted by molar-refractivity contribution is 5.79. The largest absolute Gasteiger partial charge is 0.376 e. The third-order valence-electron chi connectivity index (χ3n) is 3.82. The molecule has 0 bridgehead atoms. The summed E-state index contributed by atoms with van der Waals surface area (Å²) in [6, 6.07) is 8.18. The Morgan fingerprint density at radius 2 is 2.22 bits per heavy atom. The Bertz CT molecular complexity index is 617. The van der Waals surface area contributed by atoms with Gasteiger partial charge >= 0.3 is 0 Å². The van der Waals surface area contributed by atoms with Crippen LogP contribution in [0, 0.1) is 0 Å². The molecule has 0 aliphatic carbocycles. The van der Waals surface area contributed by atoms with Crippen LogP contribution >= 0.6 is 0 Å². The maximum absolute atomic E-state index is 5.60. The summed E-state index contributed by atoms with van der Waals surface area (Å²) >= 11 is 0. The number of benzene rings is 1. The van der Waals surface area contributed by atoms with Crippen molar-refractivity contribution in [2.45, 2.75) is 25.5 Å².